The molecular weight excluding hydrogens is 139 g/mol. The van der Waals surface area contributed by atoms with Gasteiger partial charge >= 0.3 is 17.1 Å². The van der Waals surface area contributed by atoms with Gasteiger partial charge in [0.1, 0.15) is 0 Å². The molecule has 0 rings (SSSR count). The molecule has 3 nitrogen and oxygen atoms in total. The summed E-state index contributed by atoms with van der Waals surface area (Å²) < 4.78 is 0. The average molecular weight is 142 g/mol. The molecule has 0 heterocycles. The van der Waals surface area contributed by atoms with Crippen molar-refractivity contribution in [2.75, 3.05) is 0 Å². The zero-order chi connectivity index (χ0) is 6.00. The zero-order valence-corrected chi connectivity index (χ0v) is 4.52. The average Bonchev–Trinajstić information content (AvgIpc) is 1.81. The molecule has 0 fully saturated rings. The summed E-state index contributed by atoms with van der Waals surface area (Å²) in [4.78, 5) is 23.2. The molecule has 0 aliphatic heterocycles. The van der Waals surface area contributed by atoms with Crippen LogP contribution in [0, 0.1) is 0 Å². The largest absolute Gasteiger partial charge is 3.00 e. The Morgan fingerprint density at radius 1 is 0.571 bits per heavy atom. The predicted octanol–water partition coefficient (Wildman–Crippen LogP) is -0.825. The second-order valence-corrected chi connectivity index (χ2v) is 0. The number of rotatable bonds is 0. The van der Waals surface area contributed by atoms with Gasteiger partial charge in [-0.15, -0.1) is 0 Å². The van der Waals surface area contributed by atoms with Crippen LogP contribution in [0.1, 0.15) is 0 Å². The van der Waals surface area contributed by atoms with Crippen molar-refractivity contribution in [1.29, 1.82) is 0 Å². The number of carbonyl (C=O) groups excluding carboxylic acids is 3. The van der Waals surface area contributed by atoms with Crippen LogP contribution in [0.25, 0.3) is 0 Å². The van der Waals surface area contributed by atoms with E-state index in [1.807, 2.05) is 0 Å². The van der Waals surface area contributed by atoms with Gasteiger partial charge in [0, 0.05) is 0 Å². The summed E-state index contributed by atoms with van der Waals surface area (Å²) in [5.74, 6) is 0. The Hall–Kier alpha value is -0.471. The van der Waals surface area contributed by atoms with E-state index >= 15 is 0 Å². The van der Waals surface area contributed by atoms with E-state index in [4.69, 9.17) is 14.4 Å². The van der Waals surface area contributed by atoms with Crippen molar-refractivity contribution in [3.05, 3.63) is 0 Å². The number of hydrogen-bond donors (Lipinski definition) is 0. The summed E-state index contributed by atoms with van der Waals surface area (Å²) in [5.41, 5.74) is 0. The zero-order valence-electron chi connectivity index (χ0n) is 3.33. The fraction of sp³-hybridized carbons (Fsp3) is 0. The van der Waals surface area contributed by atoms with E-state index in [-0.39, 0.29) is 17.1 Å². The van der Waals surface area contributed by atoms with E-state index in [0.717, 1.165) is 0 Å². The van der Waals surface area contributed by atoms with Gasteiger partial charge in [0.25, 0.3) is 0 Å². The first-order valence-corrected chi connectivity index (χ1v) is 0.707. The van der Waals surface area contributed by atoms with Crippen molar-refractivity contribution >= 4 is 20.4 Å². The van der Waals surface area contributed by atoms with E-state index < -0.39 is 0 Å². The Kier molecular flexibility index (Phi) is 2280. The maximum atomic E-state index is 7.75. The van der Waals surface area contributed by atoms with Crippen molar-refractivity contribution in [3.63, 3.8) is 0 Å². The summed E-state index contributed by atoms with van der Waals surface area (Å²) in [7, 11) is 0. The molecule has 40 valence electrons. The van der Waals surface area contributed by atoms with Crippen LogP contribution in [0.3, 0.4) is 0 Å². The molecule has 0 aromatic heterocycles. The molecule has 0 unspecified atom stereocenters. The molecule has 0 saturated carbocycles. The van der Waals surface area contributed by atoms with Gasteiger partial charge in [-0.05, 0) is 0 Å². The minimum Gasteiger partial charge on any atom is -0.545 e. The molecular formula is C3H3MnO3. The summed E-state index contributed by atoms with van der Waals surface area (Å²) in [6.45, 7) is 9.75. The molecule has 0 radical (unpaired) electrons. The first kappa shape index (κ1) is 31.2. The summed E-state index contributed by atoms with van der Waals surface area (Å²) in [6.07, 6.45) is 0. The van der Waals surface area contributed by atoms with Crippen LogP contribution < -0.4 is 0 Å². The molecule has 0 aliphatic carbocycles. The Morgan fingerprint density at radius 3 is 0.571 bits per heavy atom. The van der Waals surface area contributed by atoms with E-state index in [1.54, 1.807) is 0 Å². The molecule has 7 heavy (non-hydrogen) atoms. The summed E-state index contributed by atoms with van der Waals surface area (Å²) >= 11 is 0. The van der Waals surface area contributed by atoms with E-state index in [9.17, 15) is 0 Å². The predicted molar refractivity (Wildman–Crippen MR) is 20.3 cm³/mol. The summed E-state index contributed by atoms with van der Waals surface area (Å²) in [6, 6.07) is 0. The monoisotopic (exact) mass is 142 g/mol. The van der Waals surface area contributed by atoms with Gasteiger partial charge in [-0.25, -0.2) is 0 Å². The van der Waals surface area contributed by atoms with Gasteiger partial charge in [-0.1, -0.05) is 0 Å². The second-order valence-electron chi connectivity index (χ2n) is 0. The quantitative estimate of drug-likeness (QED) is 0.252. The smallest absolute Gasteiger partial charge is 0.545 e. The van der Waals surface area contributed by atoms with E-state index in [2.05, 4.69) is 20.4 Å². The van der Waals surface area contributed by atoms with Crippen molar-refractivity contribution in [3.8, 4) is 0 Å². The molecule has 0 aromatic rings. The SMILES string of the molecule is [CH-]=O.[CH-]=O.[CH-]=O.[Mn+3]. The van der Waals surface area contributed by atoms with Crippen LogP contribution in [-0.2, 0) is 31.5 Å². The van der Waals surface area contributed by atoms with Crippen molar-refractivity contribution in [2.45, 2.75) is 0 Å². The molecule has 0 bridgehead atoms. The molecule has 0 atom stereocenters. The molecule has 0 aliphatic rings. The Morgan fingerprint density at radius 2 is 0.571 bits per heavy atom. The van der Waals surface area contributed by atoms with Crippen LogP contribution in [0.2, 0.25) is 0 Å². The Bertz CT molecular complexity index is 14.9. The van der Waals surface area contributed by atoms with Gasteiger partial charge in [0.05, 0.1) is 0 Å². The third kappa shape index (κ3) is 311. The molecule has 0 aromatic carbocycles. The third-order valence-electron chi connectivity index (χ3n) is 0. The number of hydrogen-bond acceptors (Lipinski definition) is 3. The fourth-order valence-electron chi connectivity index (χ4n) is 0. The van der Waals surface area contributed by atoms with Crippen LogP contribution in [0.4, 0.5) is 0 Å². The second kappa shape index (κ2) is 512. The first-order valence-electron chi connectivity index (χ1n) is 0.707. The molecule has 0 saturated heterocycles. The van der Waals surface area contributed by atoms with E-state index in [0.29, 0.717) is 0 Å². The Labute approximate surface area is 52.6 Å². The first-order chi connectivity index (χ1) is 3.00. The fourth-order valence-corrected chi connectivity index (χ4v) is 0. The maximum Gasteiger partial charge on any atom is 3.00 e. The Balaban J connectivity index is -0.00000000900. The topological polar surface area (TPSA) is 51.2 Å². The molecule has 4 heteroatoms. The van der Waals surface area contributed by atoms with Gasteiger partial charge in [0.2, 0.25) is 0 Å². The van der Waals surface area contributed by atoms with Crippen LogP contribution in [-0.4, -0.2) is 20.4 Å². The maximum absolute atomic E-state index is 7.75. The molecule has 0 amide bonds. The minimum absolute atomic E-state index is 0. The van der Waals surface area contributed by atoms with Crippen LogP contribution in [0.15, 0.2) is 0 Å². The molecule has 0 spiro atoms. The van der Waals surface area contributed by atoms with Crippen molar-refractivity contribution in [2.24, 2.45) is 0 Å². The van der Waals surface area contributed by atoms with Gasteiger partial charge in [-0.3, -0.25) is 20.4 Å². The molecule has 0 N–H and O–H groups in total. The van der Waals surface area contributed by atoms with Gasteiger partial charge < -0.3 is 14.4 Å². The van der Waals surface area contributed by atoms with Gasteiger partial charge in [-0.2, -0.15) is 0 Å². The van der Waals surface area contributed by atoms with Gasteiger partial charge in [0.15, 0.2) is 0 Å². The summed E-state index contributed by atoms with van der Waals surface area (Å²) in [5, 5.41) is 0. The van der Waals surface area contributed by atoms with Crippen LogP contribution in [0.5, 0.6) is 0 Å². The van der Waals surface area contributed by atoms with Crippen molar-refractivity contribution < 1.29 is 31.5 Å². The standard InChI is InChI=1S/3CHO.Mn/c3*1-2;/h3*1H;/q3*-1;+3. The normalized spacial score (nSPS) is 1.71. The minimum atomic E-state index is 0. The van der Waals surface area contributed by atoms with Crippen LogP contribution >= 0.6 is 0 Å². The van der Waals surface area contributed by atoms with Crippen molar-refractivity contribution in [1.82, 2.24) is 0 Å². The van der Waals surface area contributed by atoms with E-state index in [1.165, 1.54) is 0 Å². The third-order valence-corrected chi connectivity index (χ3v) is 0.